The highest BCUT2D eigenvalue weighted by molar-refractivity contribution is 9.10. The number of carbonyl (C=O) groups excluding carboxylic acids is 1. The fraction of sp³-hybridized carbons (Fsp3) is 0.133. The zero-order chi connectivity index (χ0) is 13.3. The molecule has 0 amide bonds. The Bertz CT molecular complexity index is 600. The van der Waals surface area contributed by atoms with E-state index in [1.807, 2.05) is 32.0 Å². The van der Waals surface area contributed by atoms with Crippen molar-refractivity contribution in [3.8, 4) is 0 Å². The van der Waals surface area contributed by atoms with Crippen molar-refractivity contribution in [3.63, 3.8) is 0 Å². The summed E-state index contributed by atoms with van der Waals surface area (Å²) < 4.78 is 0.815. The van der Waals surface area contributed by atoms with E-state index in [-0.39, 0.29) is 5.78 Å². The molecule has 0 fully saturated rings. The number of benzene rings is 2. The lowest BCUT2D eigenvalue weighted by Crippen LogP contribution is -2.04. The van der Waals surface area contributed by atoms with Gasteiger partial charge in [-0.05, 0) is 37.6 Å². The summed E-state index contributed by atoms with van der Waals surface area (Å²) in [5.74, 6) is 0.000463. The van der Waals surface area contributed by atoms with Crippen molar-refractivity contribution < 1.29 is 4.79 Å². The van der Waals surface area contributed by atoms with Gasteiger partial charge in [0.2, 0.25) is 0 Å². The van der Waals surface area contributed by atoms with Gasteiger partial charge in [0.25, 0.3) is 0 Å². The van der Waals surface area contributed by atoms with E-state index in [2.05, 4.69) is 15.9 Å². The van der Waals surface area contributed by atoms with E-state index >= 15 is 0 Å². The van der Waals surface area contributed by atoms with Crippen LogP contribution in [-0.4, -0.2) is 5.78 Å². The van der Waals surface area contributed by atoms with Crippen LogP contribution in [0.4, 0.5) is 5.69 Å². The summed E-state index contributed by atoms with van der Waals surface area (Å²) in [6.07, 6.45) is 0. The maximum absolute atomic E-state index is 12.4. The van der Waals surface area contributed by atoms with Crippen LogP contribution in [0.25, 0.3) is 0 Å². The van der Waals surface area contributed by atoms with Crippen molar-refractivity contribution in [3.05, 3.63) is 63.1 Å². The van der Waals surface area contributed by atoms with Gasteiger partial charge in [0.05, 0.1) is 0 Å². The third-order valence-electron chi connectivity index (χ3n) is 2.81. The van der Waals surface area contributed by atoms with Gasteiger partial charge < -0.3 is 5.73 Å². The van der Waals surface area contributed by atoms with Crippen LogP contribution < -0.4 is 5.73 Å². The second-order valence-electron chi connectivity index (χ2n) is 4.42. The molecule has 2 aromatic rings. The predicted octanol–water partition coefficient (Wildman–Crippen LogP) is 3.88. The number of carbonyl (C=O) groups is 1. The van der Waals surface area contributed by atoms with Gasteiger partial charge in [-0.25, -0.2) is 0 Å². The van der Waals surface area contributed by atoms with E-state index in [1.54, 1.807) is 18.2 Å². The van der Waals surface area contributed by atoms with Crippen molar-refractivity contribution in [2.24, 2.45) is 0 Å². The quantitative estimate of drug-likeness (QED) is 0.676. The van der Waals surface area contributed by atoms with Crippen molar-refractivity contribution >= 4 is 27.4 Å². The van der Waals surface area contributed by atoms with Gasteiger partial charge in [0.1, 0.15) is 0 Å². The number of ketones is 1. The molecule has 0 unspecified atom stereocenters. The molecule has 0 aliphatic carbocycles. The van der Waals surface area contributed by atoms with Gasteiger partial charge in [0.15, 0.2) is 5.78 Å². The highest BCUT2D eigenvalue weighted by Crippen LogP contribution is 2.21. The van der Waals surface area contributed by atoms with Gasteiger partial charge >= 0.3 is 0 Å². The minimum absolute atomic E-state index is 0.000463. The van der Waals surface area contributed by atoms with E-state index in [4.69, 9.17) is 5.73 Å². The molecule has 0 aliphatic heterocycles. The van der Waals surface area contributed by atoms with Gasteiger partial charge in [-0.1, -0.05) is 39.7 Å². The standard InChI is InChI=1S/C15H14BrNO/c1-9-3-4-14(10(2)5-9)15(18)11-6-12(16)8-13(17)7-11/h3-8H,17H2,1-2H3. The molecule has 2 rings (SSSR count). The maximum atomic E-state index is 12.4. The second-order valence-corrected chi connectivity index (χ2v) is 5.34. The topological polar surface area (TPSA) is 43.1 Å². The van der Waals surface area contributed by atoms with E-state index in [9.17, 15) is 4.79 Å². The molecule has 0 aromatic heterocycles. The number of halogens is 1. The molecule has 0 bridgehead atoms. The summed E-state index contributed by atoms with van der Waals surface area (Å²) in [6.45, 7) is 3.96. The number of nitrogens with two attached hydrogens (primary N) is 1. The smallest absolute Gasteiger partial charge is 0.193 e. The molecule has 3 heteroatoms. The Kier molecular flexibility index (Phi) is 3.53. The molecular weight excluding hydrogens is 290 g/mol. The molecule has 2 nitrogen and oxygen atoms in total. The summed E-state index contributed by atoms with van der Waals surface area (Å²) >= 11 is 3.35. The largest absolute Gasteiger partial charge is 0.399 e. The zero-order valence-electron chi connectivity index (χ0n) is 10.3. The minimum Gasteiger partial charge on any atom is -0.399 e. The molecule has 0 spiro atoms. The number of aryl methyl sites for hydroxylation is 2. The first kappa shape index (κ1) is 12.8. The van der Waals surface area contributed by atoms with Gasteiger partial charge in [-0.3, -0.25) is 4.79 Å². The Morgan fingerprint density at radius 3 is 2.44 bits per heavy atom. The lowest BCUT2D eigenvalue weighted by atomic mass is 9.97. The van der Waals surface area contributed by atoms with Gasteiger partial charge in [0, 0.05) is 21.3 Å². The van der Waals surface area contributed by atoms with Crippen molar-refractivity contribution in [1.29, 1.82) is 0 Å². The summed E-state index contributed by atoms with van der Waals surface area (Å²) in [6, 6.07) is 11.1. The van der Waals surface area contributed by atoms with E-state index in [0.29, 0.717) is 11.3 Å². The van der Waals surface area contributed by atoms with Crippen LogP contribution in [0.2, 0.25) is 0 Å². The molecule has 0 saturated carbocycles. The van der Waals surface area contributed by atoms with E-state index in [0.717, 1.165) is 21.2 Å². The number of hydrogen-bond donors (Lipinski definition) is 1. The maximum Gasteiger partial charge on any atom is 0.193 e. The first-order valence-electron chi connectivity index (χ1n) is 5.65. The third-order valence-corrected chi connectivity index (χ3v) is 3.27. The molecule has 0 saturated heterocycles. The summed E-state index contributed by atoms with van der Waals surface area (Å²) in [5, 5.41) is 0. The first-order chi connectivity index (χ1) is 8.47. The lowest BCUT2D eigenvalue weighted by molar-refractivity contribution is 0.103. The van der Waals surface area contributed by atoms with Crippen LogP contribution in [0.15, 0.2) is 40.9 Å². The lowest BCUT2D eigenvalue weighted by Gasteiger charge is -2.07. The SMILES string of the molecule is Cc1ccc(C(=O)c2cc(N)cc(Br)c2)c(C)c1. The fourth-order valence-corrected chi connectivity index (χ4v) is 2.48. The average molecular weight is 304 g/mol. The fourth-order valence-electron chi connectivity index (χ4n) is 1.97. The van der Waals surface area contributed by atoms with E-state index < -0.39 is 0 Å². The molecule has 92 valence electrons. The molecular formula is C15H14BrNO. The first-order valence-corrected chi connectivity index (χ1v) is 6.44. The molecule has 0 radical (unpaired) electrons. The van der Waals surface area contributed by atoms with Crippen LogP contribution in [0.3, 0.4) is 0 Å². The van der Waals surface area contributed by atoms with Crippen LogP contribution in [-0.2, 0) is 0 Å². The highest BCUT2D eigenvalue weighted by atomic mass is 79.9. The van der Waals surface area contributed by atoms with Crippen molar-refractivity contribution in [2.45, 2.75) is 13.8 Å². The molecule has 2 N–H and O–H groups in total. The molecule has 0 aliphatic rings. The minimum atomic E-state index is 0.000463. The highest BCUT2D eigenvalue weighted by Gasteiger charge is 2.12. The molecule has 2 aromatic carbocycles. The second kappa shape index (κ2) is 4.94. The summed E-state index contributed by atoms with van der Waals surface area (Å²) in [5.41, 5.74) is 9.80. The van der Waals surface area contributed by atoms with Crippen LogP contribution in [0, 0.1) is 13.8 Å². The Balaban J connectivity index is 2.47. The molecule has 0 atom stereocenters. The van der Waals surface area contributed by atoms with Crippen LogP contribution in [0.5, 0.6) is 0 Å². The number of hydrogen-bond acceptors (Lipinski definition) is 2. The predicted molar refractivity (Wildman–Crippen MR) is 77.9 cm³/mol. The van der Waals surface area contributed by atoms with Gasteiger partial charge in [-0.15, -0.1) is 0 Å². The monoisotopic (exact) mass is 303 g/mol. The molecule has 0 heterocycles. The Hall–Kier alpha value is -1.61. The number of rotatable bonds is 2. The van der Waals surface area contributed by atoms with E-state index in [1.165, 1.54) is 0 Å². The van der Waals surface area contributed by atoms with Crippen molar-refractivity contribution in [2.75, 3.05) is 5.73 Å². The molecule has 18 heavy (non-hydrogen) atoms. The zero-order valence-corrected chi connectivity index (χ0v) is 11.9. The average Bonchev–Trinajstić information content (AvgIpc) is 2.26. The Morgan fingerprint density at radius 1 is 1.11 bits per heavy atom. The summed E-state index contributed by atoms with van der Waals surface area (Å²) in [4.78, 5) is 12.4. The number of anilines is 1. The van der Waals surface area contributed by atoms with Crippen LogP contribution >= 0.6 is 15.9 Å². The van der Waals surface area contributed by atoms with Gasteiger partial charge in [-0.2, -0.15) is 0 Å². The number of nitrogen functional groups attached to an aromatic ring is 1. The van der Waals surface area contributed by atoms with Crippen LogP contribution in [0.1, 0.15) is 27.0 Å². The summed E-state index contributed by atoms with van der Waals surface area (Å²) in [7, 11) is 0. The Labute approximate surface area is 115 Å². The Morgan fingerprint density at radius 2 is 1.83 bits per heavy atom. The van der Waals surface area contributed by atoms with Crippen molar-refractivity contribution in [1.82, 2.24) is 0 Å². The third kappa shape index (κ3) is 2.62. The normalized spacial score (nSPS) is 10.4.